The van der Waals surface area contributed by atoms with Crippen LogP contribution in [0.15, 0.2) is 61.1 Å². The first kappa shape index (κ1) is 26.0. The van der Waals surface area contributed by atoms with Crippen LogP contribution in [0.5, 0.6) is 0 Å². The molecule has 1 fully saturated rings. The van der Waals surface area contributed by atoms with E-state index >= 15 is 0 Å². The molecule has 4 aromatic rings. The van der Waals surface area contributed by atoms with E-state index in [9.17, 15) is 9.59 Å². The van der Waals surface area contributed by atoms with E-state index < -0.39 is 0 Å². The number of hydrogen-bond acceptors (Lipinski definition) is 8. The van der Waals surface area contributed by atoms with Crippen molar-refractivity contribution in [3.05, 3.63) is 78.2 Å². The summed E-state index contributed by atoms with van der Waals surface area (Å²) in [6.45, 7) is 2.84. The standard InChI is InChI=1S/C28H30N8O3/c1-18-12-13-31-28(32-18)34-27(38)20-10-8-19(9-11-20)23-24-25(29)30-14-16-36(24)26(33-23)21-6-3-4-15-35(21)22(37)7-5-17-39-2/h5,7-14,16,21H,3-4,6,15,17H2,1-2H3,(H2,29,30)(H,31,32,34,38)/t21-/m0/s1. The van der Waals surface area contributed by atoms with E-state index in [1.807, 2.05) is 34.6 Å². The number of aromatic nitrogens is 5. The molecular weight excluding hydrogens is 496 g/mol. The molecule has 4 heterocycles. The number of hydrogen-bond donors (Lipinski definition) is 2. The fourth-order valence-electron chi connectivity index (χ4n) is 4.79. The van der Waals surface area contributed by atoms with Crippen molar-refractivity contribution < 1.29 is 14.3 Å². The molecule has 2 amide bonds. The number of nitrogens with two attached hydrogens (primary N) is 1. The monoisotopic (exact) mass is 526 g/mol. The van der Waals surface area contributed by atoms with Crippen LogP contribution in [0, 0.1) is 6.92 Å². The lowest BCUT2D eigenvalue weighted by Crippen LogP contribution is -2.38. The second-order valence-electron chi connectivity index (χ2n) is 9.30. The molecule has 1 aromatic carbocycles. The minimum absolute atomic E-state index is 0.0787. The molecule has 3 N–H and O–H groups in total. The number of aryl methyl sites for hydroxylation is 1. The van der Waals surface area contributed by atoms with Gasteiger partial charge in [0.25, 0.3) is 5.91 Å². The Morgan fingerprint density at radius 3 is 2.72 bits per heavy atom. The van der Waals surface area contributed by atoms with Crippen molar-refractivity contribution >= 4 is 29.1 Å². The lowest BCUT2D eigenvalue weighted by atomic mass is 10.0. The number of amides is 2. The van der Waals surface area contributed by atoms with E-state index in [4.69, 9.17) is 15.5 Å². The van der Waals surface area contributed by atoms with Crippen LogP contribution in [0.25, 0.3) is 16.8 Å². The summed E-state index contributed by atoms with van der Waals surface area (Å²) in [6.07, 6.45) is 11.0. The van der Waals surface area contributed by atoms with E-state index in [1.54, 1.807) is 49.9 Å². The van der Waals surface area contributed by atoms with Crippen molar-refractivity contribution in [1.82, 2.24) is 29.2 Å². The Hall–Kier alpha value is -4.64. The number of nitrogen functional groups attached to an aromatic ring is 1. The summed E-state index contributed by atoms with van der Waals surface area (Å²) in [5.41, 5.74) is 9.61. The molecule has 0 bridgehead atoms. The normalized spacial score (nSPS) is 15.6. The molecule has 11 nitrogen and oxygen atoms in total. The number of benzene rings is 1. The van der Waals surface area contributed by atoms with Gasteiger partial charge in [-0.3, -0.25) is 19.3 Å². The highest BCUT2D eigenvalue weighted by Gasteiger charge is 2.31. The van der Waals surface area contributed by atoms with Gasteiger partial charge in [-0.1, -0.05) is 18.2 Å². The number of ether oxygens (including phenoxy) is 1. The molecule has 1 aliphatic rings. The maximum atomic E-state index is 13.1. The Morgan fingerprint density at radius 2 is 1.95 bits per heavy atom. The molecule has 0 radical (unpaired) electrons. The fraction of sp³-hybridized carbons (Fsp3) is 0.286. The van der Waals surface area contributed by atoms with Gasteiger partial charge >= 0.3 is 0 Å². The highest BCUT2D eigenvalue weighted by atomic mass is 16.5. The maximum Gasteiger partial charge on any atom is 0.258 e. The number of nitrogens with zero attached hydrogens (tertiary/aromatic N) is 6. The number of nitrogens with one attached hydrogen (secondary N) is 1. The van der Waals surface area contributed by atoms with E-state index in [1.165, 1.54) is 0 Å². The van der Waals surface area contributed by atoms with Gasteiger partial charge in [-0.2, -0.15) is 0 Å². The van der Waals surface area contributed by atoms with Gasteiger partial charge in [-0.15, -0.1) is 0 Å². The first-order valence-corrected chi connectivity index (χ1v) is 12.8. The molecule has 5 rings (SSSR count). The quantitative estimate of drug-likeness (QED) is 0.348. The molecular formula is C28H30N8O3. The highest BCUT2D eigenvalue weighted by molar-refractivity contribution is 6.03. The number of anilines is 2. The Balaban J connectivity index is 1.47. The molecule has 0 spiro atoms. The minimum atomic E-state index is -0.318. The van der Waals surface area contributed by atoms with Crippen LogP contribution in [-0.4, -0.2) is 61.3 Å². The second-order valence-corrected chi connectivity index (χ2v) is 9.30. The van der Waals surface area contributed by atoms with Gasteiger partial charge in [0.2, 0.25) is 11.9 Å². The van der Waals surface area contributed by atoms with E-state index in [2.05, 4.69) is 20.3 Å². The van der Waals surface area contributed by atoms with Crippen LogP contribution in [0.3, 0.4) is 0 Å². The zero-order chi connectivity index (χ0) is 27.4. The summed E-state index contributed by atoms with van der Waals surface area (Å²) >= 11 is 0. The number of piperidine rings is 1. The average Bonchev–Trinajstić information content (AvgIpc) is 3.34. The molecule has 39 heavy (non-hydrogen) atoms. The Labute approximate surface area is 225 Å². The maximum absolute atomic E-state index is 13.1. The summed E-state index contributed by atoms with van der Waals surface area (Å²) < 4.78 is 6.96. The summed E-state index contributed by atoms with van der Waals surface area (Å²) in [4.78, 5) is 45.3. The third-order valence-corrected chi connectivity index (χ3v) is 6.66. The van der Waals surface area contributed by atoms with Gasteiger partial charge in [0.05, 0.1) is 12.6 Å². The zero-order valence-corrected chi connectivity index (χ0v) is 21.9. The number of rotatable bonds is 7. The van der Waals surface area contributed by atoms with Crippen LogP contribution in [-0.2, 0) is 9.53 Å². The number of imidazole rings is 1. The van der Waals surface area contributed by atoms with Crippen LogP contribution in [0.1, 0.15) is 47.2 Å². The first-order valence-electron chi connectivity index (χ1n) is 12.8. The van der Waals surface area contributed by atoms with Gasteiger partial charge < -0.3 is 15.4 Å². The molecule has 0 saturated carbocycles. The number of carbonyl (C=O) groups is 2. The number of fused-ring (bicyclic) bond motifs is 1. The molecule has 200 valence electrons. The van der Waals surface area contributed by atoms with Crippen molar-refractivity contribution in [2.45, 2.75) is 32.2 Å². The zero-order valence-electron chi connectivity index (χ0n) is 21.9. The Bertz CT molecular complexity index is 1530. The van der Waals surface area contributed by atoms with Crippen LogP contribution < -0.4 is 11.1 Å². The van der Waals surface area contributed by atoms with Crippen molar-refractivity contribution in [3.63, 3.8) is 0 Å². The molecule has 0 unspecified atom stereocenters. The molecule has 3 aromatic heterocycles. The van der Waals surface area contributed by atoms with Crippen LogP contribution >= 0.6 is 0 Å². The molecule has 11 heteroatoms. The van der Waals surface area contributed by atoms with Gasteiger partial charge in [0.15, 0.2) is 0 Å². The van der Waals surface area contributed by atoms with E-state index in [0.717, 1.165) is 36.3 Å². The smallest absolute Gasteiger partial charge is 0.258 e. The molecule has 1 saturated heterocycles. The van der Waals surface area contributed by atoms with Gasteiger partial charge in [-0.25, -0.2) is 19.9 Å². The minimum Gasteiger partial charge on any atom is -0.382 e. The van der Waals surface area contributed by atoms with Crippen molar-refractivity contribution in [2.24, 2.45) is 0 Å². The van der Waals surface area contributed by atoms with Gasteiger partial charge in [0.1, 0.15) is 22.9 Å². The Kier molecular flexibility index (Phi) is 7.60. The third kappa shape index (κ3) is 5.48. The van der Waals surface area contributed by atoms with Crippen molar-refractivity contribution in [1.29, 1.82) is 0 Å². The predicted octanol–water partition coefficient (Wildman–Crippen LogP) is 3.59. The summed E-state index contributed by atoms with van der Waals surface area (Å²) in [7, 11) is 1.59. The summed E-state index contributed by atoms with van der Waals surface area (Å²) in [5.74, 6) is 0.905. The third-order valence-electron chi connectivity index (χ3n) is 6.66. The fourth-order valence-corrected chi connectivity index (χ4v) is 4.79. The molecule has 0 aliphatic carbocycles. The highest BCUT2D eigenvalue weighted by Crippen LogP contribution is 2.36. The SMILES string of the molecule is COCC=CC(=O)N1CCCC[C@H]1c1nc(-c2ccc(C(=O)Nc3nccc(C)n3)cc2)c2c(N)nccn12. The van der Waals surface area contributed by atoms with Crippen LogP contribution in [0.4, 0.5) is 11.8 Å². The largest absolute Gasteiger partial charge is 0.382 e. The number of carbonyl (C=O) groups excluding carboxylic acids is 2. The number of likely N-dealkylation sites (tertiary alicyclic amines) is 1. The lowest BCUT2D eigenvalue weighted by molar-refractivity contribution is -0.130. The van der Waals surface area contributed by atoms with Crippen molar-refractivity contribution in [3.8, 4) is 11.3 Å². The molecule has 1 atom stereocenters. The second kappa shape index (κ2) is 11.4. The lowest BCUT2D eigenvalue weighted by Gasteiger charge is -2.34. The van der Waals surface area contributed by atoms with Gasteiger partial charge in [0, 0.05) is 55.1 Å². The topological polar surface area (TPSA) is 141 Å². The van der Waals surface area contributed by atoms with Gasteiger partial charge in [-0.05, 0) is 44.4 Å². The Morgan fingerprint density at radius 1 is 1.13 bits per heavy atom. The van der Waals surface area contributed by atoms with E-state index in [-0.39, 0.29) is 23.8 Å². The first-order chi connectivity index (χ1) is 19.0. The van der Waals surface area contributed by atoms with E-state index in [0.29, 0.717) is 35.7 Å². The average molecular weight is 527 g/mol. The van der Waals surface area contributed by atoms with Crippen molar-refractivity contribution in [2.75, 3.05) is 31.3 Å². The van der Waals surface area contributed by atoms with Crippen LogP contribution in [0.2, 0.25) is 0 Å². The summed E-state index contributed by atoms with van der Waals surface area (Å²) in [5, 5.41) is 2.72. The molecule has 1 aliphatic heterocycles. The predicted molar refractivity (Wildman–Crippen MR) is 147 cm³/mol. The number of methoxy groups -OCH3 is 1. The summed E-state index contributed by atoms with van der Waals surface area (Å²) in [6, 6.07) is 8.61.